The fourth-order valence-electron chi connectivity index (χ4n) is 4.43. The van der Waals surface area contributed by atoms with Gasteiger partial charge in [-0.15, -0.1) is 0 Å². The number of hydrogen-bond acceptors (Lipinski definition) is 4. The van der Waals surface area contributed by atoms with Crippen LogP contribution in [0.2, 0.25) is 0 Å². The third-order valence-corrected chi connectivity index (χ3v) is 6.01. The number of para-hydroxylation sites is 1. The average Bonchev–Trinajstić information content (AvgIpc) is 3.16. The number of ether oxygens (including phenoxy) is 1. The van der Waals surface area contributed by atoms with Gasteiger partial charge in [0.1, 0.15) is 5.75 Å². The molecule has 3 aromatic rings. The van der Waals surface area contributed by atoms with E-state index in [4.69, 9.17) is 4.74 Å². The number of piperidine rings is 1. The molecule has 0 aliphatic carbocycles. The molecule has 1 N–H and O–H groups in total. The van der Waals surface area contributed by atoms with Gasteiger partial charge in [-0.2, -0.15) is 0 Å². The zero-order chi connectivity index (χ0) is 22.3. The highest BCUT2D eigenvalue weighted by atomic mass is 16.5. The molecule has 2 aromatic carbocycles. The molecule has 0 saturated carbocycles. The normalized spacial score (nSPS) is 15.9. The minimum absolute atomic E-state index is 0.0463. The van der Waals surface area contributed by atoms with E-state index in [0.29, 0.717) is 25.3 Å². The van der Waals surface area contributed by atoms with E-state index in [9.17, 15) is 9.90 Å². The summed E-state index contributed by atoms with van der Waals surface area (Å²) in [5.74, 6) is 0.717. The Balaban J connectivity index is 1.48. The summed E-state index contributed by atoms with van der Waals surface area (Å²) < 4.78 is 7.55. The van der Waals surface area contributed by atoms with Crippen molar-refractivity contribution in [1.82, 2.24) is 9.47 Å². The number of aromatic nitrogens is 1. The molecule has 5 heteroatoms. The maximum atomic E-state index is 12.6. The van der Waals surface area contributed by atoms with Crippen LogP contribution in [0, 0.1) is 0 Å². The van der Waals surface area contributed by atoms with Gasteiger partial charge in [0.2, 0.25) is 0 Å². The van der Waals surface area contributed by atoms with Crippen LogP contribution in [0.15, 0.2) is 60.8 Å². The molecule has 5 nitrogen and oxygen atoms in total. The van der Waals surface area contributed by atoms with Gasteiger partial charge in [-0.05, 0) is 75.3 Å². The monoisotopic (exact) mass is 432 g/mol. The fraction of sp³-hybridized carbons (Fsp3) is 0.370. The van der Waals surface area contributed by atoms with E-state index in [-0.39, 0.29) is 5.78 Å². The van der Waals surface area contributed by atoms with Crippen LogP contribution in [0.1, 0.15) is 42.1 Å². The number of allylic oxidation sites excluding steroid dienone is 1. The number of carbonyl (C=O) groups is 1. The summed E-state index contributed by atoms with van der Waals surface area (Å²) in [6.07, 6.45) is 8.82. The Hall–Kier alpha value is -2.89. The number of β-amino-alcohol motifs (C(OH)–C–C–N with tert-alkyl or cyclic N) is 1. The van der Waals surface area contributed by atoms with Gasteiger partial charge >= 0.3 is 0 Å². The van der Waals surface area contributed by atoms with E-state index < -0.39 is 6.10 Å². The maximum absolute atomic E-state index is 12.6. The quantitative estimate of drug-likeness (QED) is 0.390. The van der Waals surface area contributed by atoms with Crippen molar-refractivity contribution in [3.05, 3.63) is 71.9 Å². The van der Waals surface area contributed by atoms with Crippen LogP contribution in [0.4, 0.5) is 0 Å². The van der Waals surface area contributed by atoms with E-state index in [1.165, 1.54) is 19.3 Å². The standard InChI is InChI=1S/C27H32N2O3/c1-2-32-24-13-10-21(11-14-24)27(31)15-12-22-18-29(26-9-5-4-8-25(22)26)20-23(30)19-28-16-6-3-7-17-28/h4-5,8-15,18,23,30H,2-3,6-7,16-17,19-20H2,1H3. The number of ketones is 1. The third kappa shape index (κ3) is 5.47. The lowest BCUT2D eigenvalue weighted by Gasteiger charge is -2.28. The largest absolute Gasteiger partial charge is 0.494 e. The molecule has 168 valence electrons. The van der Waals surface area contributed by atoms with E-state index in [0.717, 1.165) is 35.3 Å². The smallest absolute Gasteiger partial charge is 0.185 e. The van der Waals surface area contributed by atoms with E-state index in [2.05, 4.69) is 21.6 Å². The van der Waals surface area contributed by atoms with Crippen LogP contribution in [-0.2, 0) is 6.54 Å². The van der Waals surface area contributed by atoms with Gasteiger partial charge in [-0.3, -0.25) is 4.79 Å². The van der Waals surface area contributed by atoms with Crippen molar-refractivity contribution in [3.8, 4) is 5.75 Å². The summed E-state index contributed by atoms with van der Waals surface area (Å²) in [6.45, 7) is 5.93. The van der Waals surface area contributed by atoms with Crippen LogP contribution in [0.25, 0.3) is 17.0 Å². The van der Waals surface area contributed by atoms with Crippen molar-refractivity contribution in [2.24, 2.45) is 0 Å². The Labute approximate surface area is 189 Å². The molecule has 1 aromatic heterocycles. The lowest BCUT2D eigenvalue weighted by Crippen LogP contribution is -2.37. The second-order valence-corrected chi connectivity index (χ2v) is 8.42. The van der Waals surface area contributed by atoms with Gasteiger partial charge in [-0.1, -0.05) is 24.6 Å². The zero-order valence-electron chi connectivity index (χ0n) is 18.7. The highest BCUT2D eigenvalue weighted by Gasteiger charge is 2.16. The van der Waals surface area contributed by atoms with Crippen LogP contribution in [0.3, 0.4) is 0 Å². The Morgan fingerprint density at radius 2 is 1.81 bits per heavy atom. The number of hydrogen-bond donors (Lipinski definition) is 1. The number of nitrogens with zero attached hydrogens (tertiary/aromatic N) is 2. The molecule has 4 rings (SSSR count). The lowest BCUT2D eigenvalue weighted by molar-refractivity contribution is 0.0892. The second kappa shape index (κ2) is 10.6. The molecule has 0 radical (unpaired) electrons. The van der Waals surface area contributed by atoms with Crippen molar-refractivity contribution in [2.45, 2.75) is 38.8 Å². The van der Waals surface area contributed by atoms with Crippen molar-refractivity contribution in [3.63, 3.8) is 0 Å². The van der Waals surface area contributed by atoms with Gasteiger partial charge < -0.3 is 19.3 Å². The van der Waals surface area contributed by atoms with E-state index in [1.807, 2.05) is 43.5 Å². The van der Waals surface area contributed by atoms with Gasteiger partial charge in [-0.25, -0.2) is 0 Å². The summed E-state index contributed by atoms with van der Waals surface area (Å²) in [5, 5.41) is 11.8. The van der Waals surface area contributed by atoms with Crippen LogP contribution < -0.4 is 4.74 Å². The Bertz CT molecular complexity index is 1060. The predicted octanol–water partition coefficient (Wildman–Crippen LogP) is 4.78. The summed E-state index contributed by atoms with van der Waals surface area (Å²) in [7, 11) is 0. The first-order valence-corrected chi connectivity index (χ1v) is 11.6. The second-order valence-electron chi connectivity index (χ2n) is 8.42. The van der Waals surface area contributed by atoms with Crippen LogP contribution in [-0.4, -0.2) is 52.7 Å². The number of likely N-dealkylation sites (tertiary alicyclic amines) is 1. The Morgan fingerprint density at radius 3 is 2.56 bits per heavy atom. The molecule has 32 heavy (non-hydrogen) atoms. The SMILES string of the molecule is CCOc1ccc(C(=O)C=Cc2cn(CC(O)CN3CCCCC3)c3ccccc23)cc1. The van der Waals surface area contributed by atoms with E-state index >= 15 is 0 Å². The molecule has 2 heterocycles. The van der Waals surface area contributed by atoms with Gasteiger partial charge in [0.05, 0.1) is 12.7 Å². The van der Waals surface area contributed by atoms with Crippen molar-refractivity contribution in [1.29, 1.82) is 0 Å². The van der Waals surface area contributed by atoms with Crippen molar-refractivity contribution < 1.29 is 14.6 Å². The highest BCUT2D eigenvalue weighted by molar-refractivity contribution is 6.07. The number of benzene rings is 2. The zero-order valence-corrected chi connectivity index (χ0v) is 18.7. The van der Waals surface area contributed by atoms with Crippen LogP contribution >= 0.6 is 0 Å². The summed E-state index contributed by atoms with van der Waals surface area (Å²) in [4.78, 5) is 15.0. The average molecular weight is 433 g/mol. The first-order valence-electron chi connectivity index (χ1n) is 11.6. The predicted molar refractivity (Wildman–Crippen MR) is 129 cm³/mol. The number of fused-ring (bicyclic) bond motifs is 1. The third-order valence-electron chi connectivity index (χ3n) is 6.01. The highest BCUT2D eigenvalue weighted by Crippen LogP contribution is 2.24. The first kappa shape index (κ1) is 22.3. The first-order chi connectivity index (χ1) is 15.6. The molecule has 1 unspecified atom stereocenters. The molecule has 1 fully saturated rings. The molecule has 0 spiro atoms. The Morgan fingerprint density at radius 1 is 1.06 bits per heavy atom. The molecule has 0 amide bonds. The topological polar surface area (TPSA) is 54.7 Å². The number of rotatable bonds is 9. The Kier molecular flexibility index (Phi) is 7.40. The molecule has 1 atom stereocenters. The summed E-state index contributed by atoms with van der Waals surface area (Å²) in [5.41, 5.74) is 2.67. The molecule has 1 aliphatic rings. The fourth-order valence-corrected chi connectivity index (χ4v) is 4.43. The molecule has 1 saturated heterocycles. The summed E-state index contributed by atoms with van der Waals surface area (Å²) >= 11 is 0. The van der Waals surface area contributed by atoms with Gasteiger partial charge in [0.25, 0.3) is 0 Å². The molecule has 0 bridgehead atoms. The van der Waals surface area contributed by atoms with Crippen molar-refractivity contribution >= 4 is 22.8 Å². The maximum Gasteiger partial charge on any atom is 0.185 e. The summed E-state index contributed by atoms with van der Waals surface area (Å²) in [6, 6.07) is 15.4. The van der Waals surface area contributed by atoms with Crippen molar-refractivity contribution in [2.75, 3.05) is 26.2 Å². The molecular weight excluding hydrogens is 400 g/mol. The van der Waals surface area contributed by atoms with Gasteiger partial charge in [0, 0.05) is 41.3 Å². The minimum Gasteiger partial charge on any atom is -0.494 e. The van der Waals surface area contributed by atoms with E-state index in [1.54, 1.807) is 18.2 Å². The number of aliphatic hydroxyl groups is 1. The minimum atomic E-state index is -0.425. The number of aliphatic hydroxyl groups excluding tert-OH is 1. The lowest BCUT2D eigenvalue weighted by atomic mass is 10.1. The molecule has 1 aliphatic heterocycles. The number of carbonyl (C=O) groups excluding carboxylic acids is 1. The molecular formula is C27H32N2O3. The van der Waals surface area contributed by atoms with Crippen LogP contribution in [0.5, 0.6) is 5.75 Å². The van der Waals surface area contributed by atoms with Gasteiger partial charge in [0.15, 0.2) is 5.78 Å².